The summed E-state index contributed by atoms with van der Waals surface area (Å²) in [6.45, 7) is 5.44. The molecular formula is C10H24OSi. The van der Waals surface area contributed by atoms with Crippen molar-refractivity contribution in [2.45, 2.75) is 58.4 Å². The van der Waals surface area contributed by atoms with Crippen LogP contribution in [-0.2, 0) is 4.43 Å². The fourth-order valence-corrected chi connectivity index (χ4v) is 2.49. The van der Waals surface area contributed by atoms with E-state index in [4.69, 9.17) is 4.43 Å². The van der Waals surface area contributed by atoms with Gasteiger partial charge in [0, 0.05) is 6.61 Å². The summed E-state index contributed by atoms with van der Waals surface area (Å²) in [7, 11) is -0.134. The highest BCUT2D eigenvalue weighted by atomic mass is 28.2. The van der Waals surface area contributed by atoms with Crippen LogP contribution in [0.2, 0.25) is 6.04 Å². The molecule has 0 unspecified atom stereocenters. The van der Waals surface area contributed by atoms with Crippen molar-refractivity contribution in [1.29, 1.82) is 0 Å². The van der Waals surface area contributed by atoms with E-state index in [1.54, 1.807) is 0 Å². The van der Waals surface area contributed by atoms with Gasteiger partial charge in [-0.05, 0) is 12.5 Å². The normalized spacial score (nSPS) is 11.5. The Morgan fingerprint density at radius 3 is 2.33 bits per heavy atom. The number of hydrogen-bond donors (Lipinski definition) is 0. The van der Waals surface area contributed by atoms with Crippen LogP contribution < -0.4 is 0 Å². The first-order valence-corrected chi connectivity index (χ1v) is 7.07. The van der Waals surface area contributed by atoms with Crippen LogP contribution in [0, 0.1) is 0 Å². The third-order valence-electron chi connectivity index (χ3n) is 1.99. The monoisotopic (exact) mass is 188 g/mol. The van der Waals surface area contributed by atoms with Gasteiger partial charge >= 0.3 is 0 Å². The van der Waals surface area contributed by atoms with Crippen LogP contribution in [0.4, 0.5) is 0 Å². The van der Waals surface area contributed by atoms with Crippen molar-refractivity contribution in [2.75, 3.05) is 6.61 Å². The van der Waals surface area contributed by atoms with Crippen molar-refractivity contribution < 1.29 is 4.43 Å². The molecule has 0 fully saturated rings. The maximum absolute atomic E-state index is 5.53. The van der Waals surface area contributed by atoms with Gasteiger partial charge in [0.15, 0.2) is 9.76 Å². The van der Waals surface area contributed by atoms with Crippen LogP contribution in [0.15, 0.2) is 0 Å². The molecule has 12 heavy (non-hydrogen) atoms. The molecule has 0 rings (SSSR count). The van der Waals surface area contributed by atoms with Crippen molar-refractivity contribution in [1.82, 2.24) is 0 Å². The fraction of sp³-hybridized carbons (Fsp3) is 1.00. The van der Waals surface area contributed by atoms with Crippen molar-refractivity contribution in [2.24, 2.45) is 0 Å². The standard InChI is InChI=1S/C10H24OSi/c1-3-5-6-7-8-10-12-11-9-4-2/h3-10,12H2,1-2H3. The molecule has 0 aliphatic carbocycles. The minimum Gasteiger partial charge on any atom is -0.424 e. The zero-order valence-corrected chi connectivity index (χ0v) is 10.2. The Bertz CT molecular complexity index is 66.2. The maximum Gasteiger partial charge on any atom is 0.161 e. The molecule has 0 aromatic rings. The van der Waals surface area contributed by atoms with Crippen LogP contribution in [0.25, 0.3) is 0 Å². The van der Waals surface area contributed by atoms with Crippen molar-refractivity contribution in [3.63, 3.8) is 0 Å². The average molecular weight is 188 g/mol. The van der Waals surface area contributed by atoms with E-state index in [0.29, 0.717) is 0 Å². The molecule has 0 aromatic heterocycles. The zero-order chi connectivity index (χ0) is 9.07. The molecule has 0 aliphatic heterocycles. The number of hydrogen-bond acceptors (Lipinski definition) is 1. The number of rotatable bonds is 9. The van der Waals surface area contributed by atoms with E-state index in [1.165, 1.54) is 44.6 Å². The largest absolute Gasteiger partial charge is 0.424 e. The van der Waals surface area contributed by atoms with E-state index >= 15 is 0 Å². The molecule has 74 valence electrons. The van der Waals surface area contributed by atoms with E-state index in [-0.39, 0.29) is 9.76 Å². The predicted octanol–water partition coefficient (Wildman–Crippen LogP) is 2.89. The van der Waals surface area contributed by atoms with E-state index in [0.717, 1.165) is 6.61 Å². The SMILES string of the molecule is CCCCCCC[SiH2]OCCC. The van der Waals surface area contributed by atoms with E-state index in [1.807, 2.05) is 0 Å². The molecule has 2 heteroatoms. The smallest absolute Gasteiger partial charge is 0.161 e. The molecule has 0 aromatic carbocycles. The summed E-state index contributed by atoms with van der Waals surface area (Å²) in [5, 5.41) is 0. The minimum absolute atomic E-state index is 0.134. The van der Waals surface area contributed by atoms with Crippen LogP contribution in [-0.4, -0.2) is 16.4 Å². The lowest BCUT2D eigenvalue weighted by atomic mass is 10.2. The average Bonchev–Trinajstić information content (AvgIpc) is 2.10. The van der Waals surface area contributed by atoms with E-state index in [2.05, 4.69) is 13.8 Å². The summed E-state index contributed by atoms with van der Waals surface area (Å²) < 4.78 is 5.53. The Balaban J connectivity index is 2.73. The van der Waals surface area contributed by atoms with Gasteiger partial charge in [-0.25, -0.2) is 0 Å². The molecule has 0 atom stereocenters. The van der Waals surface area contributed by atoms with Crippen LogP contribution in [0.5, 0.6) is 0 Å². The van der Waals surface area contributed by atoms with Crippen molar-refractivity contribution in [3.8, 4) is 0 Å². The Labute approximate surface area is 79.8 Å². The lowest BCUT2D eigenvalue weighted by molar-refractivity contribution is 0.334. The van der Waals surface area contributed by atoms with Gasteiger partial charge in [-0.15, -0.1) is 0 Å². The summed E-state index contributed by atoms with van der Waals surface area (Å²) in [6, 6.07) is 1.39. The summed E-state index contributed by atoms with van der Waals surface area (Å²) in [4.78, 5) is 0. The van der Waals surface area contributed by atoms with Gasteiger partial charge < -0.3 is 4.43 Å². The first-order chi connectivity index (χ1) is 5.91. The molecule has 0 bridgehead atoms. The molecule has 0 heterocycles. The second kappa shape index (κ2) is 11.2. The van der Waals surface area contributed by atoms with Gasteiger partial charge in [0.2, 0.25) is 0 Å². The molecule has 0 N–H and O–H groups in total. The fourth-order valence-electron chi connectivity index (χ4n) is 1.23. The van der Waals surface area contributed by atoms with E-state index in [9.17, 15) is 0 Å². The second-order valence-corrected chi connectivity index (χ2v) is 4.90. The maximum atomic E-state index is 5.53. The molecule has 0 saturated heterocycles. The van der Waals surface area contributed by atoms with Crippen molar-refractivity contribution >= 4 is 9.76 Å². The molecule has 0 saturated carbocycles. The highest BCUT2D eigenvalue weighted by molar-refractivity contribution is 6.26. The second-order valence-electron chi connectivity index (χ2n) is 3.38. The summed E-state index contributed by atoms with van der Waals surface area (Å²) >= 11 is 0. The first kappa shape index (κ1) is 12.2. The molecule has 0 aliphatic rings. The summed E-state index contributed by atoms with van der Waals surface area (Å²) in [6.07, 6.45) is 8.22. The third kappa shape index (κ3) is 10.2. The summed E-state index contributed by atoms with van der Waals surface area (Å²) in [5.41, 5.74) is 0. The van der Waals surface area contributed by atoms with Gasteiger partial charge in [0.05, 0.1) is 0 Å². The Morgan fingerprint density at radius 1 is 0.917 bits per heavy atom. The Kier molecular flexibility index (Phi) is 11.3. The molecule has 0 amide bonds. The van der Waals surface area contributed by atoms with Crippen LogP contribution in [0.3, 0.4) is 0 Å². The number of unbranched alkanes of at least 4 members (excludes halogenated alkanes) is 4. The summed E-state index contributed by atoms with van der Waals surface area (Å²) in [5.74, 6) is 0. The van der Waals surface area contributed by atoms with Crippen LogP contribution in [0.1, 0.15) is 52.4 Å². The lowest BCUT2D eigenvalue weighted by Gasteiger charge is -2.01. The van der Waals surface area contributed by atoms with Gasteiger partial charge in [-0.1, -0.05) is 46.0 Å². The Hall–Kier alpha value is 0.177. The highest BCUT2D eigenvalue weighted by Crippen LogP contribution is 2.04. The predicted molar refractivity (Wildman–Crippen MR) is 58.4 cm³/mol. The van der Waals surface area contributed by atoms with Gasteiger partial charge in [0.25, 0.3) is 0 Å². The highest BCUT2D eigenvalue weighted by Gasteiger charge is 1.90. The molecule has 1 nitrogen and oxygen atoms in total. The third-order valence-corrected chi connectivity index (χ3v) is 3.36. The van der Waals surface area contributed by atoms with Gasteiger partial charge in [-0.2, -0.15) is 0 Å². The van der Waals surface area contributed by atoms with Crippen LogP contribution >= 0.6 is 0 Å². The molecule has 0 spiro atoms. The quantitative estimate of drug-likeness (QED) is 0.399. The van der Waals surface area contributed by atoms with Gasteiger partial charge in [-0.3, -0.25) is 0 Å². The lowest BCUT2D eigenvalue weighted by Crippen LogP contribution is -1.98. The van der Waals surface area contributed by atoms with E-state index < -0.39 is 0 Å². The van der Waals surface area contributed by atoms with Gasteiger partial charge in [0.1, 0.15) is 0 Å². The molecular weight excluding hydrogens is 164 g/mol. The van der Waals surface area contributed by atoms with Crippen molar-refractivity contribution in [3.05, 3.63) is 0 Å². The minimum atomic E-state index is -0.134. The molecule has 0 radical (unpaired) electrons. The Morgan fingerprint density at radius 2 is 1.67 bits per heavy atom. The topological polar surface area (TPSA) is 9.23 Å². The first-order valence-electron chi connectivity index (χ1n) is 5.49. The zero-order valence-electron chi connectivity index (χ0n) is 8.77.